The molecule has 0 bridgehead atoms. The van der Waals surface area contributed by atoms with E-state index in [2.05, 4.69) is 0 Å². The van der Waals surface area contributed by atoms with Crippen molar-refractivity contribution in [2.75, 3.05) is 18.5 Å². The number of carboxylic acids is 1. The van der Waals surface area contributed by atoms with Gasteiger partial charge in [-0.2, -0.15) is 0 Å². The van der Waals surface area contributed by atoms with E-state index in [0.717, 1.165) is 5.69 Å². The van der Waals surface area contributed by atoms with Crippen LogP contribution in [0, 0.1) is 0 Å². The van der Waals surface area contributed by atoms with E-state index in [-0.39, 0.29) is 12.3 Å². The average molecular weight is 181 g/mol. The minimum Gasteiger partial charge on any atom is -0.508 e. The first-order chi connectivity index (χ1) is 6.09. The van der Waals surface area contributed by atoms with Gasteiger partial charge in [0.1, 0.15) is 12.3 Å². The molecule has 4 heteroatoms. The second-order valence-corrected chi connectivity index (χ2v) is 2.77. The number of carboxylic acid groups (broad SMARTS) is 1. The molecule has 0 aliphatic rings. The Morgan fingerprint density at radius 3 is 2.38 bits per heavy atom. The van der Waals surface area contributed by atoms with Gasteiger partial charge in [0.15, 0.2) is 0 Å². The van der Waals surface area contributed by atoms with Crippen LogP contribution < -0.4 is 4.90 Å². The fourth-order valence-corrected chi connectivity index (χ4v) is 1.00. The second kappa shape index (κ2) is 3.80. The van der Waals surface area contributed by atoms with E-state index < -0.39 is 5.97 Å². The third kappa shape index (κ3) is 2.66. The molecule has 4 nitrogen and oxygen atoms in total. The maximum Gasteiger partial charge on any atom is 0.323 e. The van der Waals surface area contributed by atoms with Gasteiger partial charge < -0.3 is 15.1 Å². The highest BCUT2D eigenvalue weighted by molar-refractivity contribution is 5.73. The maximum absolute atomic E-state index is 10.4. The molecule has 13 heavy (non-hydrogen) atoms. The molecule has 1 aromatic carbocycles. The molecule has 2 N–H and O–H groups in total. The second-order valence-electron chi connectivity index (χ2n) is 2.77. The molecular weight excluding hydrogens is 170 g/mol. The molecule has 0 aromatic heterocycles. The van der Waals surface area contributed by atoms with Gasteiger partial charge >= 0.3 is 5.97 Å². The van der Waals surface area contributed by atoms with Crippen LogP contribution in [-0.2, 0) is 4.79 Å². The van der Waals surface area contributed by atoms with Crippen molar-refractivity contribution in [1.82, 2.24) is 0 Å². The molecule has 70 valence electrons. The van der Waals surface area contributed by atoms with E-state index in [0.29, 0.717) is 0 Å². The number of carbonyl (C=O) groups is 1. The first-order valence-corrected chi connectivity index (χ1v) is 3.81. The van der Waals surface area contributed by atoms with Gasteiger partial charge in [0.2, 0.25) is 0 Å². The number of benzene rings is 1. The number of phenolic OH excluding ortho intramolecular Hbond substituents is 1. The topological polar surface area (TPSA) is 60.8 Å². The van der Waals surface area contributed by atoms with E-state index in [1.165, 1.54) is 12.1 Å². The van der Waals surface area contributed by atoms with Crippen molar-refractivity contribution < 1.29 is 15.0 Å². The van der Waals surface area contributed by atoms with Crippen LogP contribution in [0.2, 0.25) is 0 Å². The molecule has 0 heterocycles. The van der Waals surface area contributed by atoms with Crippen molar-refractivity contribution in [3.05, 3.63) is 24.3 Å². The summed E-state index contributed by atoms with van der Waals surface area (Å²) >= 11 is 0. The van der Waals surface area contributed by atoms with Gasteiger partial charge in [-0.1, -0.05) is 0 Å². The number of hydrogen-bond acceptors (Lipinski definition) is 3. The molecule has 0 fully saturated rings. The third-order valence-corrected chi connectivity index (χ3v) is 1.66. The Labute approximate surface area is 76.0 Å². The number of rotatable bonds is 3. The SMILES string of the molecule is CN(CC(=O)O)c1ccc(O)cc1. The number of hydrogen-bond donors (Lipinski definition) is 2. The molecule has 0 spiro atoms. The summed E-state index contributed by atoms with van der Waals surface area (Å²) in [5.41, 5.74) is 0.764. The molecule has 0 saturated heterocycles. The van der Waals surface area contributed by atoms with Crippen molar-refractivity contribution in [3.63, 3.8) is 0 Å². The van der Waals surface area contributed by atoms with E-state index in [4.69, 9.17) is 10.2 Å². The van der Waals surface area contributed by atoms with Gasteiger partial charge in [-0.05, 0) is 24.3 Å². The summed E-state index contributed by atoms with van der Waals surface area (Å²) in [4.78, 5) is 11.9. The van der Waals surface area contributed by atoms with Gasteiger partial charge in [-0.25, -0.2) is 0 Å². The number of aliphatic carboxylic acids is 1. The number of likely N-dealkylation sites (N-methyl/N-ethyl adjacent to an activating group) is 1. The minimum atomic E-state index is -0.879. The monoisotopic (exact) mass is 181 g/mol. The average Bonchev–Trinajstić information content (AvgIpc) is 2.04. The van der Waals surface area contributed by atoms with Crippen molar-refractivity contribution in [2.24, 2.45) is 0 Å². The zero-order chi connectivity index (χ0) is 9.84. The predicted molar refractivity (Wildman–Crippen MR) is 49.0 cm³/mol. The Morgan fingerprint density at radius 1 is 1.38 bits per heavy atom. The molecule has 1 aromatic rings. The zero-order valence-electron chi connectivity index (χ0n) is 7.27. The van der Waals surface area contributed by atoms with Gasteiger partial charge in [0.05, 0.1) is 0 Å². The lowest BCUT2D eigenvalue weighted by Gasteiger charge is -2.16. The molecule has 0 unspecified atom stereocenters. The Kier molecular flexibility index (Phi) is 2.74. The van der Waals surface area contributed by atoms with E-state index in [1.54, 1.807) is 24.1 Å². The van der Waals surface area contributed by atoms with Crippen molar-refractivity contribution in [3.8, 4) is 5.75 Å². The molecule has 1 rings (SSSR count). The maximum atomic E-state index is 10.4. The fourth-order valence-electron chi connectivity index (χ4n) is 1.00. The van der Waals surface area contributed by atoms with Crippen molar-refractivity contribution >= 4 is 11.7 Å². The standard InChI is InChI=1S/C9H11NO3/c1-10(6-9(12)13)7-2-4-8(11)5-3-7/h2-5,11H,6H2,1H3,(H,12,13). The Hall–Kier alpha value is -1.71. The van der Waals surface area contributed by atoms with Crippen LogP contribution in [-0.4, -0.2) is 29.8 Å². The molecular formula is C9H11NO3. The predicted octanol–water partition coefficient (Wildman–Crippen LogP) is 0.913. The number of phenols is 1. The van der Waals surface area contributed by atoms with Crippen LogP contribution in [0.1, 0.15) is 0 Å². The van der Waals surface area contributed by atoms with Gasteiger partial charge in [0, 0.05) is 12.7 Å². The highest BCUT2D eigenvalue weighted by atomic mass is 16.4. The van der Waals surface area contributed by atoms with Gasteiger partial charge in [-0.15, -0.1) is 0 Å². The van der Waals surface area contributed by atoms with Crippen LogP contribution in [0.25, 0.3) is 0 Å². The number of nitrogens with zero attached hydrogens (tertiary/aromatic N) is 1. The molecule has 0 aliphatic heterocycles. The lowest BCUT2D eigenvalue weighted by molar-refractivity contribution is -0.135. The first-order valence-electron chi connectivity index (χ1n) is 3.81. The van der Waals surface area contributed by atoms with E-state index in [1.807, 2.05) is 0 Å². The summed E-state index contributed by atoms with van der Waals surface area (Å²) in [6.07, 6.45) is 0. The summed E-state index contributed by atoms with van der Waals surface area (Å²) in [5.74, 6) is -0.706. The van der Waals surface area contributed by atoms with Crippen molar-refractivity contribution in [2.45, 2.75) is 0 Å². The Balaban J connectivity index is 2.71. The van der Waals surface area contributed by atoms with Gasteiger partial charge in [-0.3, -0.25) is 4.79 Å². The van der Waals surface area contributed by atoms with Gasteiger partial charge in [0.25, 0.3) is 0 Å². The first kappa shape index (κ1) is 9.38. The minimum absolute atomic E-state index is 0.0508. The summed E-state index contributed by atoms with van der Waals surface area (Å²) in [5, 5.41) is 17.5. The lowest BCUT2D eigenvalue weighted by atomic mass is 10.3. The van der Waals surface area contributed by atoms with Crippen LogP contribution in [0.15, 0.2) is 24.3 Å². The fraction of sp³-hybridized carbons (Fsp3) is 0.222. The number of anilines is 1. The quantitative estimate of drug-likeness (QED) is 0.727. The normalized spacial score (nSPS) is 9.62. The summed E-state index contributed by atoms with van der Waals surface area (Å²) in [6.45, 7) is -0.0508. The van der Waals surface area contributed by atoms with Crippen molar-refractivity contribution in [1.29, 1.82) is 0 Å². The Morgan fingerprint density at radius 2 is 1.92 bits per heavy atom. The van der Waals surface area contributed by atoms with Crippen LogP contribution >= 0.6 is 0 Å². The summed E-state index contributed by atoms with van der Waals surface area (Å²) in [6, 6.07) is 6.37. The summed E-state index contributed by atoms with van der Waals surface area (Å²) in [7, 11) is 1.68. The molecule has 0 atom stereocenters. The highest BCUT2D eigenvalue weighted by Gasteiger charge is 2.04. The number of aromatic hydroxyl groups is 1. The third-order valence-electron chi connectivity index (χ3n) is 1.66. The van der Waals surface area contributed by atoms with Crippen LogP contribution in [0.3, 0.4) is 0 Å². The van der Waals surface area contributed by atoms with Crippen LogP contribution in [0.5, 0.6) is 5.75 Å². The van der Waals surface area contributed by atoms with Crippen LogP contribution in [0.4, 0.5) is 5.69 Å². The largest absolute Gasteiger partial charge is 0.508 e. The Bertz CT molecular complexity index is 294. The highest BCUT2D eigenvalue weighted by Crippen LogP contribution is 2.16. The lowest BCUT2D eigenvalue weighted by Crippen LogP contribution is -2.24. The zero-order valence-corrected chi connectivity index (χ0v) is 7.27. The van der Waals surface area contributed by atoms with E-state index >= 15 is 0 Å². The smallest absolute Gasteiger partial charge is 0.323 e. The van der Waals surface area contributed by atoms with E-state index in [9.17, 15) is 4.79 Å². The molecule has 0 saturated carbocycles. The summed E-state index contributed by atoms with van der Waals surface area (Å²) < 4.78 is 0. The molecule has 0 amide bonds. The molecule has 0 radical (unpaired) electrons. The molecule has 0 aliphatic carbocycles.